The first-order valence-electron chi connectivity index (χ1n) is 7.12. The smallest absolute Gasteiger partial charge is 0.268 e. The van der Waals surface area contributed by atoms with E-state index in [1.165, 1.54) is 6.20 Å². The monoisotopic (exact) mass is 308 g/mol. The van der Waals surface area contributed by atoms with Gasteiger partial charge in [-0.15, -0.1) is 0 Å². The minimum Gasteiger partial charge on any atom is -0.364 e. The summed E-state index contributed by atoms with van der Waals surface area (Å²) < 4.78 is 1.80. The molecule has 1 atom stereocenters. The van der Waals surface area contributed by atoms with E-state index in [0.717, 1.165) is 11.3 Å². The van der Waals surface area contributed by atoms with Crippen molar-refractivity contribution < 1.29 is 4.79 Å². The van der Waals surface area contributed by atoms with E-state index in [1.807, 2.05) is 43.5 Å². The summed E-state index contributed by atoms with van der Waals surface area (Å²) in [6, 6.07) is 9.74. The predicted molar refractivity (Wildman–Crippen MR) is 86.2 cm³/mol. The van der Waals surface area contributed by atoms with E-state index < -0.39 is 5.91 Å². The Hall–Kier alpha value is -3.22. The molecule has 3 N–H and O–H groups in total. The van der Waals surface area contributed by atoms with Gasteiger partial charge in [-0.1, -0.05) is 18.2 Å². The topological polar surface area (TPSA) is 98.7 Å². The second kappa shape index (κ2) is 6.27. The molecule has 0 bridgehead atoms. The summed E-state index contributed by atoms with van der Waals surface area (Å²) in [6.07, 6.45) is 6.52. The number of aromatic nitrogens is 4. The van der Waals surface area contributed by atoms with Crippen LogP contribution in [0, 0.1) is 0 Å². The van der Waals surface area contributed by atoms with E-state index in [9.17, 15) is 4.79 Å². The summed E-state index contributed by atoms with van der Waals surface area (Å²) in [5.41, 5.74) is 7.37. The van der Waals surface area contributed by atoms with Crippen molar-refractivity contribution in [2.75, 3.05) is 5.32 Å². The molecule has 1 amide bonds. The fourth-order valence-corrected chi connectivity index (χ4v) is 2.33. The molecule has 2 heterocycles. The van der Waals surface area contributed by atoms with Gasteiger partial charge in [0.25, 0.3) is 5.91 Å². The standard InChI is InChI=1S/C16H16N6O/c1-11(20-15-10-18-9-13(21-15)16(17)23)12-5-2-3-6-14(12)22-8-4-7-19-22/h2-11H,1H3,(H2,17,23)(H,20,21). The average molecular weight is 308 g/mol. The zero-order chi connectivity index (χ0) is 16.2. The summed E-state index contributed by atoms with van der Waals surface area (Å²) in [5, 5.41) is 7.51. The van der Waals surface area contributed by atoms with Crippen LogP contribution in [0.5, 0.6) is 0 Å². The van der Waals surface area contributed by atoms with E-state index in [2.05, 4.69) is 20.4 Å². The van der Waals surface area contributed by atoms with Crippen molar-refractivity contribution in [3.05, 3.63) is 66.4 Å². The van der Waals surface area contributed by atoms with Crippen LogP contribution in [0.25, 0.3) is 5.69 Å². The molecule has 0 spiro atoms. The Bertz CT molecular complexity index is 815. The quantitative estimate of drug-likeness (QED) is 0.750. The molecule has 3 aromatic rings. The Labute approximate surface area is 133 Å². The van der Waals surface area contributed by atoms with Gasteiger partial charge in [0.1, 0.15) is 11.5 Å². The summed E-state index contributed by atoms with van der Waals surface area (Å²) >= 11 is 0. The van der Waals surface area contributed by atoms with E-state index >= 15 is 0 Å². The number of amides is 1. The third-order valence-corrected chi connectivity index (χ3v) is 3.41. The fourth-order valence-electron chi connectivity index (χ4n) is 2.33. The van der Waals surface area contributed by atoms with Crippen LogP contribution in [-0.4, -0.2) is 25.7 Å². The molecule has 0 saturated carbocycles. The van der Waals surface area contributed by atoms with Crippen LogP contribution in [0.15, 0.2) is 55.1 Å². The number of carbonyl (C=O) groups is 1. The van der Waals surface area contributed by atoms with Crippen molar-refractivity contribution in [1.82, 2.24) is 19.7 Å². The summed E-state index contributed by atoms with van der Waals surface area (Å²) in [4.78, 5) is 19.3. The Morgan fingerprint density at radius 2 is 2.09 bits per heavy atom. The molecular formula is C16H16N6O. The van der Waals surface area contributed by atoms with E-state index in [-0.39, 0.29) is 11.7 Å². The largest absolute Gasteiger partial charge is 0.364 e. The highest BCUT2D eigenvalue weighted by atomic mass is 16.1. The second-order valence-electron chi connectivity index (χ2n) is 5.03. The number of nitrogens with zero attached hydrogens (tertiary/aromatic N) is 4. The molecule has 0 aliphatic carbocycles. The average Bonchev–Trinajstić information content (AvgIpc) is 3.09. The highest BCUT2D eigenvalue weighted by Crippen LogP contribution is 2.23. The molecule has 0 fully saturated rings. The van der Waals surface area contributed by atoms with Gasteiger partial charge in [0.2, 0.25) is 0 Å². The van der Waals surface area contributed by atoms with Crippen LogP contribution in [0.1, 0.15) is 29.0 Å². The number of carbonyl (C=O) groups excluding carboxylic acids is 1. The number of benzene rings is 1. The lowest BCUT2D eigenvalue weighted by Crippen LogP contribution is -2.16. The highest BCUT2D eigenvalue weighted by Gasteiger charge is 2.13. The molecule has 23 heavy (non-hydrogen) atoms. The predicted octanol–water partition coefficient (Wildman–Crippen LogP) is 1.93. The second-order valence-corrected chi connectivity index (χ2v) is 5.03. The van der Waals surface area contributed by atoms with E-state index in [0.29, 0.717) is 5.82 Å². The number of rotatable bonds is 5. The lowest BCUT2D eigenvalue weighted by atomic mass is 10.1. The first-order chi connectivity index (χ1) is 11.1. The molecule has 2 aromatic heterocycles. The zero-order valence-corrected chi connectivity index (χ0v) is 12.5. The van der Waals surface area contributed by atoms with Crippen LogP contribution < -0.4 is 11.1 Å². The number of nitrogens with two attached hydrogens (primary N) is 1. The van der Waals surface area contributed by atoms with Crippen molar-refractivity contribution in [1.29, 1.82) is 0 Å². The number of anilines is 1. The minimum absolute atomic E-state index is 0.0622. The molecule has 1 unspecified atom stereocenters. The maximum Gasteiger partial charge on any atom is 0.268 e. The lowest BCUT2D eigenvalue weighted by Gasteiger charge is -2.18. The number of para-hydroxylation sites is 1. The molecular weight excluding hydrogens is 292 g/mol. The van der Waals surface area contributed by atoms with Crippen LogP contribution in [0.2, 0.25) is 0 Å². The van der Waals surface area contributed by atoms with Crippen LogP contribution in [0.3, 0.4) is 0 Å². The molecule has 0 aliphatic heterocycles. The Morgan fingerprint density at radius 3 is 2.83 bits per heavy atom. The van der Waals surface area contributed by atoms with E-state index in [4.69, 9.17) is 5.73 Å². The van der Waals surface area contributed by atoms with Gasteiger partial charge in [-0.25, -0.2) is 9.67 Å². The number of hydrogen-bond donors (Lipinski definition) is 2. The normalized spacial score (nSPS) is 11.9. The molecule has 116 valence electrons. The van der Waals surface area contributed by atoms with Crippen molar-refractivity contribution in [3.8, 4) is 5.69 Å². The molecule has 7 nitrogen and oxygen atoms in total. The third kappa shape index (κ3) is 3.18. The molecule has 0 aliphatic rings. The van der Waals surface area contributed by atoms with Crippen molar-refractivity contribution in [2.24, 2.45) is 5.73 Å². The maximum atomic E-state index is 11.2. The first-order valence-corrected chi connectivity index (χ1v) is 7.12. The summed E-state index contributed by atoms with van der Waals surface area (Å²) in [7, 11) is 0. The summed E-state index contributed by atoms with van der Waals surface area (Å²) in [6.45, 7) is 2.00. The number of primary amides is 1. The molecule has 7 heteroatoms. The van der Waals surface area contributed by atoms with Crippen molar-refractivity contribution >= 4 is 11.7 Å². The van der Waals surface area contributed by atoms with Gasteiger partial charge in [0.05, 0.1) is 24.1 Å². The Kier molecular flexibility index (Phi) is 4.01. The Balaban J connectivity index is 1.88. The third-order valence-electron chi connectivity index (χ3n) is 3.41. The van der Waals surface area contributed by atoms with Gasteiger partial charge in [-0.05, 0) is 24.6 Å². The van der Waals surface area contributed by atoms with Gasteiger partial charge in [0.15, 0.2) is 0 Å². The van der Waals surface area contributed by atoms with Crippen LogP contribution in [0.4, 0.5) is 5.82 Å². The van der Waals surface area contributed by atoms with Crippen LogP contribution in [-0.2, 0) is 0 Å². The van der Waals surface area contributed by atoms with Crippen molar-refractivity contribution in [2.45, 2.75) is 13.0 Å². The zero-order valence-electron chi connectivity index (χ0n) is 12.5. The molecule has 3 rings (SSSR count). The number of nitrogens with one attached hydrogen (secondary N) is 1. The van der Waals surface area contributed by atoms with Gasteiger partial charge in [-0.2, -0.15) is 5.10 Å². The van der Waals surface area contributed by atoms with Crippen molar-refractivity contribution in [3.63, 3.8) is 0 Å². The van der Waals surface area contributed by atoms with Gasteiger partial charge in [0, 0.05) is 12.4 Å². The van der Waals surface area contributed by atoms with Gasteiger partial charge in [-0.3, -0.25) is 9.78 Å². The maximum absolute atomic E-state index is 11.2. The van der Waals surface area contributed by atoms with Crippen LogP contribution >= 0.6 is 0 Å². The first kappa shape index (κ1) is 14.7. The van der Waals surface area contributed by atoms with Gasteiger partial charge < -0.3 is 11.1 Å². The fraction of sp³-hybridized carbons (Fsp3) is 0.125. The van der Waals surface area contributed by atoms with E-state index in [1.54, 1.807) is 17.1 Å². The molecule has 0 radical (unpaired) electrons. The molecule has 0 saturated heterocycles. The minimum atomic E-state index is -0.606. The lowest BCUT2D eigenvalue weighted by molar-refractivity contribution is 0.0995. The number of hydrogen-bond acceptors (Lipinski definition) is 5. The SMILES string of the molecule is CC(Nc1cncc(C(N)=O)n1)c1ccccc1-n1cccn1. The molecule has 1 aromatic carbocycles. The highest BCUT2D eigenvalue weighted by molar-refractivity contribution is 5.90. The Morgan fingerprint density at radius 1 is 1.26 bits per heavy atom. The summed E-state index contributed by atoms with van der Waals surface area (Å²) in [5.74, 6) is -0.116. The van der Waals surface area contributed by atoms with Gasteiger partial charge >= 0.3 is 0 Å².